The van der Waals surface area contributed by atoms with Gasteiger partial charge in [0.15, 0.2) is 0 Å². The predicted octanol–water partition coefficient (Wildman–Crippen LogP) is 1.09. The molecule has 1 saturated heterocycles. The van der Waals surface area contributed by atoms with E-state index in [9.17, 15) is 18.3 Å². The van der Waals surface area contributed by atoms with Gasteiger partial charge in [0.1, 0.15) is 12.3 Å². The summed E-state index contributed by atoms with van der Waals surface area (Å²) in [5, 5.41) is 14.3. The third kappa shape index (κ3) is 3.07. The second-order valence-electron chi connectivity index (χ2n) is 6.09. The Morgan fingerprint density at radius 3 is 2.71 bits per heavy atom. The number of nitrogens with zero attached hydrogens (tertiary/aromatic N) is 3. The van der Waals surface area contributed by atoms with E-state index in [2.05, 4.69) is 18.9 Å². The second-order valence-corrected chi connectivity index (χ2v) is 7.68. The van der Waals surface area contributed by atoms with Gasteiger partial charge in [0.2, 0.25) is 0 Å². The fourth-order valence-electron chi connectivity index (χ4n) is 2.55. The number of hydrogen-bond acceptors (Lipinski definition) is 5. The van der Waals surface area contributed by atoms with E-state index in [1.807, 2.05) is 15.6 Å². The minimum Gasteiger partial charge on any atom is -0.506 e. The van der Waals surface area contributed by atoms with Gasteiger partial charge in [0.25, 0.3) is 5.91 Å². The lowest BCUT2D eigenvalue weighted by Crippen LogP contribution is -2.29. The van der Waals surface area contributed by atoms with Crippen molar-refractivity contribution in [1.82, 2.24) is 14.5 Å². The predicted molar refractivity (Wildman–Crippen MR) is 88.6 cm³/mol. The van der Waals surface area contributed by atoms with Crippen LogP contribution in [0.4, 0.5) is 5.69 Å². The molecule has 0 atom stereocenters. The molecule has 1 aliphatic rings. The van der Waals surface area contributed by atoms with Crippen LogP contribution in [0.15, 0.2) is 30.6 Å². The monoisotopic (exact) mass is 350 g/mol. The lowest BCUT2D eigenvalue weighted by Gasteiger charge is -2.16. The van der Waals surface area contributed by atoms with E-state index in [1.165, 1.54) is 12.1 Å². The standard InChI is InChI=1S/C15H18N4O4S/c1-10(2)7-18-8-12(6-16-18)11-3-4-14(20)13(5-11)19-9-15(21)17-24(19,22)23/h3-6,8,10,20H,7,9H2,1-2H3,(H,17,21). The fourth-order valence-corrected chi connectivity index (χ4v) is 3.71. The highest BCUT2D eigenvalue weighted by Gasteiger charge is 2.35. The Morgan fingerprint density at radius 2 is 2.08 bits per heavy atom. The number of carbonyl (C=O) groups is 1. The molecule has 1 aromatic heterocycles. The summed E-state index contributed by atoms with van der Waals surface area (Å²) in [4.78, 5) is 11.4. The molecule has 0 aliphatic carbocycles. The van der Waals surface area contributed by atoms with Crippen molar-refractivity contribution in [3.63, 3.8) is 0 Å². The first kappa shape index (κ1) is 16.3. The summed E-state index contributed by atoms with van der Waals surface area (Å²) in [6, 6.07) is 4.61. The smallest absolute Gasteiger partial charge is 0.326 e. The maximum atomic E-state index is 12.0. The number of nitrogens with one attached hydrogen (secondary N) is 1. The van der Waals surface area contributed by atoms with E-state index in [1.54, 1.807) is 12.3 Å². The van der Waals surface area contributed by atoms with E-state index >= 15 is 0 Å². The highest BCUT2D eigenvalue weighted by Crippen LogP contribution is 2.34. The van der Waals surface area contributed by atoms with Gasteiger partial charge in [-0.3, -0.25) is 9.48 Å². The molecule has 2 heterocycles. The molecular weight excluding hydrogens is 332 g/mol. The molecule has 0 unspecified atom stereocenters. The van der Waals surface area contributed by atoms with Gasteiger partial charge in [-0.15, -0.1) is 0 Å². The molecule has 2 aromatic rings. The van der Waals surface area contributed by atoms with Crippen LogP contribution in [0.2, 0.25) is 0 Å². The number of phenolic OH excluding ortho intramolecular Hbond substituents is 1. The van der Waals surface area contributed by atoms with Gasteiger partial charge in [-0.2, -0.15) is 13.5 Å². The van der Waals surface area contributed by atoms with Crippen LogP contribution < -0.4 is 9.03 Å². The van der Waals surface area contributed by atoms with Crippen LogP contribution in [0, 0.1) is 5.92 Å². The van der Waals surface area contributed by atoms with Crippen molar-refractivity contribution in [3.05, 3.63) is 30.6 Å². The number of anilines is 1. The van der Waals surface area contributed by atoms with Crippen LogP contribution in [0.25, 0.3) is 11.1 Å². The molecule has 1 aliphatic heterocycles. The molecular formula is C15H18N4O4S. The largest absolute Gasteiger partial charge is 0.506 e. The van der Waals surface area contributed by atoms with E-state index in [0.29, 0.717) is 11.5 Å². The average molecular weight is 350 g/mol. The van der Waals surface area contributed by atoms with Crippen LogP contribution in [-0.2, 0) is 21.5 Å². The SMILES string of the molecule is CC(C)Cn1cc(-c2ccc(O)c(N3CC(=O)NS3(=O)=O)c2)cn1. The summed E-state index contributed by atoms with van der Waals surface area (Å²) < 4.78 is 28.5. The first-order valence-electron chi connectivity index (χ1n) is 7.45. The Kier molecular flexibility index (Phi) is 3.96. The number of benzene rings is 1. The van der Waals surface area contributed by atoms with Gasteiger partial charge in [-0.1, -0.05) is 19.9 Å². The lowest BCUT2D eigenvalue weighted by atomic mass is 10.1. The molecule has 128 valence electrons. The van der Waals surface area contributed by atoms with E-state index in [4.69, 9.17) is 0 Å². The third-order valence-electron chi connectivity index (χ3n) is 3.58. The number of phenols is 1. The van der Waals surface area contributed by atoms with Gasteiger partial charge in [-0.25, -0.2) is 9.03 Å². The Balaban J connectivity index is 1.98. The topological polar surface area (TPSA) is 105 Å². The maximum absolute atomic E-state index is 12.0. The molecule has 1 amide bonds. The van der Waals surface area contributed by atoms with Crippen molar-refractivity contribution in [2.24, 2.45) is 5.92 Å². The third-order valence-corrected chi connectivity index (χ3v) is 4.97. The highest BCUT2D eigenvalue weighted by atomic mass is 32.2. The summed E-state index contributed by atoms with van der Waals surface area (Å²) >= 11 is 0. The zero-order chi connectivity index (χ0) is 17.5. The minimum atomic E-state index is -3.97. The second kappa shape index (κ2) is 5.82. The van der Waals surface area contributed by atoms with Crippen molar-refractivity contribution in [2.45, 2.75) is 20.4 Å². The van der Waals surface area contributed by atoms with Gasteiger partial charge >= 0.3 is 10.2 Å². The Hall–Kier alpha value is -2.55. The molecule has 0 spiro atoms. The van der Waals surface area contributed by atoms with Crippen LogP contribution in [0.3, 0.4) is 0 Å². The van der Waals surface area contributed by atoms with Gasteiger partial charge < -0.3 is 5.11 Å². The quantitative estimate of drug-likeness (QED) is 0.859. The number of carbonyl (C=O) groups excluding carboxylic acids is 1. The van der Waals surface area contributed by atoms with Crippen molar-refractivity contribution in [3.8, 4) is 16.9 Å². The normalized spacial score (nSPS) is 16.6. The van der Waals surface area contributed by atoms with Crippen molar-refractivity contribution < 1.29 is 18.3 Å². The van der Waals surface area contributed by atoms with Crippen molar-refractivity contribution >= 4 is 21.8 Å². The molecule has 24 heavy (non-hydrogen) atoms. The molecule has 1 aromatic carbocycles. The molecule has 9 heteroatoms. The minimum absolute atomic E-state index is 0.0578. The fraction of sp³-hybridized carbons (Fsp3) is 0.333. The summed E-state index contributed by atoms with van der Waals surface area (Å²) in [7, 11) is -3.97. The van der Waals surface area contributed by atoms with Crippen molar-refractivity contribution in [2.75, 3.05) is 10.8 Å². The van der Waals surface area contributed by atoms with Gasteiger partial charge in [-0.05, 0) is 23.6 Å². The zero-order valence-corrected chi connectivity index (χ0v) is 14.1. The van der Waals surface area contributed by atoms with Gasteiger partial charge in [0.05, 0.1) is 11.9 Å². The average Bonchev–Trinajstić information content (AvgIpc) is 3.02. The molecule has 0 bridgehead atoms. The summed E-state index contributed by atoms with van der Waals surface area (Å²) in [6.07, 6.45) is 3.54. The molecule has 2 N–H and O–H groups in total. The molecule has 0 radical (unpaired) electrons. The molecule has 3 rings (SSSR count). The Labute approximate surface area is 139 Å². The van der Waals surface area contributed by atoms with Crippen LogP contribution in [0.5, 0.6) is 5.75 Å². The number of aromatic nitrogens is 2. The number of amides is 1. The Morgan fingerprint density at radius 1 is 1.33 bits per heavy atom. The summed E-state index contributed by atoms with van der Waals surface area (Å²) in [5.41, 5.74) is 1.56. The summed E-state index contributed by atoms with van der Waals surface area (Å²) in [5.74, 6) is -0.405. The van der Waals surface area contributed by atoms with Gasteiger partial charge in [0, 0.05) is 18.3 Å². The Bertz CT molecular complexity index is 889. The zero-order valence-electron chi connectivity index (χ0n) is 13.3. The lowest BCUT2D eigenvalue weighted by molar-refractivity contribution is -0.117. The van der Waals surface area contributed by atoms with Crippen LogP contribution >= 0.6 is 0 Å². The number of hydrogen-bond donors (Lipinski definition) is 2. The van der Waals surface area contributed by atoms with E-state index < -0.39 is 16.1 Å². The van der Waals surface area contributed by atoms with Crippen molar-refractivity contribution in [1.29, 1.82) is 0 Å². The molecule has 1 fully saturated rings. The number of rotatable bonds is 4. The highest BCUT2D eigenvalue weighted by molar-refractivity contribution is 7.92. The maximum Gasteiger partial charge on any atom is 0.326 e. The molecule has 8 nitrogen and oxygen atoms in total. The van der Waals surface area contributed by atoms with Crippen LogP contribution in [-0.4, -0.2) is 35.8 Å². The number of aromatic hydroxyl groups is 1. The van der Waals surface area contributed by atoms with E-state index in [0.717, 1.165) is 16.4 Å². The van der Waals surface area contributed by atoms with E-state index in [-0.39, 0.29) is 18.0 Å². The van der Waals surface area contributed by atoms with Crippen LogP contribution in [0.1, 0.15) is 13.8 Å². The summed E-state index contributed by atoms with van der Waals surface area (Å²) in [6.45, 7) is 4.58. The first-order chi connectivity index (χ1) is 11.3. The first-order valence-corrected chi connectivity index (χ1v) is 8.89. The molecule has 0 saturated carbocycles.